The molecule has 0 unspecified atom stereocenters. The Hall–Kier alpha value is -2.73. The van der Waals surface area contributed by atoms with Gasteiger partial charge in [-0.2, -0.15) is 0 Å². The summed E-state index contributed by atoms with van der Waals surface area (Å²) < 4.78 is 2.05. The molecule has 0 bridgehead atoms. The second-order valence-electron chi connectivity index (χ2n) is 9.32. The topological polar surface area (TPSA) is 51.3 Å². The molecule has 0 saturated carbocycles. The van der Waals surface area contributed by atoms with Crippen molar-refractivity contribution in [1.29, 1.82) is 0 Å². The SMILES string of the molecule is CCC(C)(C)n1nnnc1[C@H](c1ccccc1)[NH+]1CCN(c2cccc(C)c2C)CC1. The van der Waals surface area contributed by atoms with Gasteiger partial charge < -0.3 is 9.80 Å². The number of hydrogen-bond donors (Lipinski definition) is 1. The lowest BCUT2D eigenvalue weighted by Crippen LogP contribution is -3.15. The molecule has 4 rings (SSSR count). The van der Waals surface area contributed by atoms with Crippen LogP contribution < -0.4 is 9.80 Å². The largest absolute Gasteiger partial charge is 0.360 e. The molecule has 31 heavy (non-hydrogen) atoms. The fraction of sp³-hybridized carbons (Fsp3) is 0.480. The molecule has 1 aliphatic rings. The van der Waals surface area contributed by atoms with E-state index in [4.69, 9.17) is 0 Å². The number of tetrazole rings is 1. The van der Waals surface area contributed by atoms with Crippen LogP contribution in [0.5, 0.6) is 0 Å². The predicted molar refractivity (Wildman–Crippen MR) is 125 cm³/mol. The molecule has 2 heterocycles. The quantitative estimate of drug-likeness (QED) is 0.668. The van der Waals surface area contributed by atoms with E-state index in [0.717, 1.165) is 38.4 Å². The van der Waals surface area contributed by atoms with Gasteiger partial charge >= 0.3 is 0 Å². The van der Waals surface area contributed by atoms with Gasteiger partial charge in [0, 0.05) is 11.3 Å². The van der Waals surface area contributed by atoms with Crippen LogP contribution >= 0.6 is 0 Å². The van der Waals surface area contributed by atoms with Crippen molar-refractivity contribution in [3.05, 3.63) is 71.0 Å². The van der Waals surface area contributed by atoms with E-state index in [9.17, 15) is 0 Å². The first-order chi connectivity index (χ1) is 14.9. The van der Waals surface area contributed by atoms with Crippen molar-refractivity contribution in [1.82, 2.24) is 20.2 Å². The lowest BCUT2D eigenvalue weighted by molar-refractivity contribution is -0.927. The lowest BCUT2D eigenvalue weighted by atomic mass is 9.99. The van der Waals surface area contributed by atoms with Gasteiger partial charge in [0.2, 0.25) is 5.82 Å². The number of piperazine rings is 1. The number of quaternary nitrogens is 1. The van der Waals surface area contributed by atoms with E-state index < -0.39 is 0 Å². The molecule has 3 aromatic rings. The molecule has 1 fully saturated rings. The van der Waals surface area contributed by atoms with Crippen LogP contribution in [-0.4, -0.2) is 46.4 Å². The molecule has 1 N–H and O–H groups in total. The monoisotopic (exact) mass is 419 g/mol. The van der Waals surface area contributed by atoms with Gasteiger partial charge in [0.15, 0.2) is 6.04 Å². The maximum atomic E-state index is 4.55. The van der Waals surface area contributed by atoms with Gasteiger partial charge in [-0.05, 0) is 61.7 Å². The first-order valence-electron chi connectivity index (χ1n) is 11.4. The van der Waals surface area contributed by atoms with Gasteiger partial charge in [0.05, 0.1) is 31.7 Å². The summed E-state index contributed by atoms with van der Waals surface area (Å²) in [6.07, 6.45) is 0.974. The third-order valence-corrected chi connectivity index (χ3v) is 7.05. The first-order valence-corrected chi connectivity index (χ1v) is 11.4. The van der Waals surface area contributed by atoms with Gasteiger partial charge in [-0.1, -0.05) is 49.4 Å². The summed E-state index contributed by atoms with van der Waals surface area (Å²) in [4.78, 5) is 4.06. The summed E-state index contributed by atoms with van der Waals surface area (Å²) in [6.45, 7) is 15.2. The van der Waals surface area contributed by atoms with Crippen LogP contribution in [0.2, 0.25) is 0 Å². The Morgan fingerprint density at radius 2 is 1.71 bits per heavy atom. The van der Waals surface area contributed by atoms with E-state index >= 15 is 0 Å². The van der Waals surface area contributed by atoms with Crippen molar-refractivity contribution in [3.63, 3.8) is 0 Å². The van der Waals surface area contributed by atoms with Gasteiger partial charge in [-0.25, -0.2) is 4.68 Å². The number of aromatic nitrogens is 4. The predicted octanol–water partition coefficient (Wildman–Crippen LogP) is 2.93. The summed E-state index contributed by atoms with van der Waals surface area (Å²) in [5.74, 6) is 0.966. The Balaban J connectivity index is 1.63. The molecule has 1 saturated heterocycles. The minimum Gasteiger partial charge on any atom is -0.360 e. The molecule has 0 spiro atoms. The standard InChI is InChI=1S/C25H34N6/c1-6-25(4,5)31-24(26-27-28-31)23(21-12-8-7-9-13-21)30-17-15-29(16-18-30)22-14-10-11-19(2)20(22)3/h7-14,23H,6,15-18H2,1-5H3/p+1/t23-/m0/s1. The fourth-order valence-electron chi connectivity index (χ4n) is 4.57. The summed E-state index contributed by atoms with van der Waals surface area (Å²) in [5.41, 5.74) is 5.27. The zero-order valence-corrected chi connectivity index (χ0v) is 19.5. The molecule has 1 aliphatic heterocycles. The molecule has 0 aliphatic carbocycles. The Bertz CT molecular complexity index is 1000. The minimum absolute atomic E-state index is 0.119. The highest BCUT2D eigenvalue weighted by Gasteiger charge is 2.37. The third-order valence-electron chi connectivity index (χ3n) is 7.05. The van der Waals surface area contributed by atoms with Crippen molar-refractivity contribution < 1.29 is 4.90 Å². The second kappa shape index (κ2) is 8.79. The molecular weight excluding hydrogens is 384 g/mol. The lowest BCUT2D eigenvalue weighted by Gasteiger charge is -2.38. The summed E-state index contributed by atoms with van der Waals surface area (Å²) >= 11 is 0. The zero-order chi connectivity index (χ0) is 22.0. The Kier molecular flexibility index (Phi) is 6.10. The smallest absolute Gasteiger partial charge is 0.214 e. The molecular formula is C25H35N6+. The summed E-state index contributed by atoms with van der Waals surface area (Å²) in [5, 5.41) is 13.1. The average Bonchev–Trinajstić information content (AvgIpc) is 3.28. The molecule has 6 heteroatoms. The van der Waals surface area contributed by atoms with Crippen LogP contribution in [0.1, 0.15) is 55.7 Å². The zero-order valence-electron chi connectivity index (χ0n) is 19.5. The van der Waals surface area contributed by atoms with Gasteiger partial charge in [-0.3, -0.25) is 0 Å². The van der Waals surface area contributed by atoms with Gasteiger partial charge in [0.25, 0.3) is 0 Å². The van der Waals surface area contributed by atoms with E-state index in [1.165, 1.54) is 27.3 Å². The molecule has 0 radical (unpaired) electrons. The number of rotatable bonds is 6. The molecule has 1 aromatic heterocycles. The highest BCUT2D eigenvalue weighted by molar-refractivity contribution is 5.56. The van der Waals surface area contributed by atoms with Crippen molar-refractivity contribution >= 4 is 5.69 Å². The molecule has 2 aromatic carbocycles. The number of hydrogen-bond acceptors (Lipinski definition) is 4. The first kappa shape index (κ1) is 21.5. The van der Waals surface area contributed by atoms with Crippen LogP contribution in [0.15, 0.2) is 48.5 Å². The average molecular weight is 420 g/mol. The van der Waals surface area contributed by atoms with Crippen molar-refractivity contribution in [2.45, 2.75) is 52.6 Å². The second-order valence-corrected chi connectivity index (χ2v) is 9.32. The number of benzene rings is 2. The van der Waals surface area contributed by atoms with Crippen molar-refractivity contribution in [3.8, 4) is 0 Å². The number of aryl methyl sites for hydroxylation is 1. The van der Waals surface area contributed by atoms with Gasteiger partial charge in [0.1, 0.15) is 0 Å². The van der Waals surface area contributed by atoms with Gasteiger partial charge in [-0.15, -0.1) is 5.10 Å². The van der Waals surface area contributed by atoms with E-state index in [-0.39, 0.29) is 11.6 Å². The Labute approximate surface area is 185 Å². The third kappa shape index (κ3) is 4.22. The molecule has 0 amide bonds. The van der Waals surface area contributed by atoms with Crippen LogP contribution in [0.25, 0.3) is 0 Å². The Morgan fingerprint density at radius 3 is 2.39 bits per heavy atom. The number of anilines is 1. The highest BCUT2D eigenvalue weighted by Crippen LogP contribution is 2.26. The molecule has 6 nitrogen and oxygen atoms in total. The highest BCUT2D eigenvalue weighted by atomic mass is 15.6. The molecule has 1 atom stereocenters. The van der Waals surface area contributed by atoms with Crippen molar-refractivity contribution in [2.75, 3.05) is 31.1 Å². The van der Waals surface area contributed by atoms with Crippen LogP contribution in [0, 0.1) is 13.8 Å². The van der Waals surface area contributed by atoms with Crippen LogP contribution in [0.4, 0.5) is 5.69 Å². The summed E-state index contributed by atoms with van der Waals surface area (Å²) in [7, 11) is 0. The summed E-state index contributed by atoms with van der Waals surface area (Å²) in [6, 6.07) is 17.5. The normalized spacial score (nSPS) is 16.5. The Morgan fingerprint density at radius 1 is 1.00 bits per heavy atom. The van der Waals surface area contributed by atoms with E-state index in [1.54, 1.807) is 0 Å². The van der Waals surface area contributed by atoms with Crippen LogP contribution in [0.3, 0.4) is 0 Å². The number of nitrogens with one attached hydrogen (secondary N) is 1. The van der Waals surface area contributed by atoms with E-state index in [1.807, 2.05) is 0 Å². The van der Waals surface area contributed by atoms with Crippen molar-refractivity contribution in [2.24, 2.45) is 0 Å². The van der Waals surface area contributed by atoms with E-state index in [2.05, 4.69) is 108 Å². The van der Waals surface area contributed by atoms with E-state index in [0.29, 0.717) is 0 Å². The minimum atomic E-state index is -0.119. The van der Waals surface area contributed by atoms with Crippen LogP contribution in [-0.2, 0) is 5.54 Å². The molecule has 164 valence electrons. The fourth-order valence-corrected chi connectivity index (χ4v) is 4.57. The number of nitrogens with zero attached hydrogens (tertiary/aromatic N) is 5. The maximum absolute atomic E-state index is 4.55. The maximum Gasteiger partial charge on any atom is 0.214 e.